The van der Waals surface area contributed by atoms with Crippen LogP contribution in [-0.2, 0) is 16.1 Å². The first-order valence-electron chi connectivity index (χ1n) is 8.91. The van der Waals surface area contributed by atoms with Gasteiger partial charge in [0.25, 0.3) is 0 Å². The van der Waals surface area contributed by atoms with Gasteiger partial charge >= 0.3 is 5.97 Å². The molecule has 7 heteroatoms. The van der Waals surface area contributed by atoms with Crippen LogP contribution in [0, 0.1) is 10.2 Å². The van der Waals surface area contributed by atoms with E-state index in [2.05, 4.69) is 4.98 Å². The van der Waals surface area contributed by atoms with Crippen LogP contribution in [0.15, 0.2) is 42.5 Å². The van der Waals surface area contributed by atoms with E-state index in [0.717, 1.165) is 22.3 Å². The van der Waals surface area contributed by atoms with Crippen molar-refractivity contribution in [1.29, 1.82) is 0 Å². The number of rotatable bonds is 7. The van der Waals surface area contributed by atoms with Crippen LogP contribution in [0.5, 0.6) is 11.5 Å². The van der Waals surface area contributed by atoms with E-state index in [1.807, 2.05) is 47.0 Å². The number of imidazole rings is 1. The number of aromatic amines is 1. The summed E-state index contributed by atoms with van der Waals surface area (Å²) in [5, 5.41) is 0. The first-order valence-corrected chi connectivity index (χ1v) is 9.31. The zero-order chi connectivity index (χ0) is 20.3. The fraction of sp³-hybridized carbons (Fsp3) is 0.333. The number of hydrogen-bond acceptors (Lipinski definition) is 5. The Morgan fingerprint density at radius 3 is 2.43 bits per heavy atom. The van der Waals surface area contributed by atoms with Gasteiger partial charge in [0.05, 0.1) is 37.2 Å². The van der Waals surface area contributed by atoms with Crippen LogP contribution < -0.4 is 9.47 Å². The third kappa shape index (κ3) is 4.20. The molecule has 28 heavy (non-hydrogen) atoms. The summed E-state index contributed by atoms with van der Waals surface area (Å²) in [4.78, 5) is 15.0. The van der Waals surface area contributed by atoms with Crippen LogP contribution in [0.25, 0.3) is 11.0 Å². The molecule has 0 amide bonds. The Morgan fingerprint density at radius 1 is 1.11 bits per heavy atom. The highest BCUT2D eigenvalue weighted by Gasteiger charge is 2.29. The summed E-state index contributed by atoms with van der Waals surface area (Å²) in [6.07, 6.45) is 0. The Hall–Kier alpha value is -2.80. The summed E-state index contributed by atoms with van der Waals surface area (Å²) in [6.45, 7) is 4.47. The number of aromatic nitrogens is 2. The van der Waals surface area contributed by atoms with Crippen molar-refractivity contribution in [2.75, 3.05) is 20.8 Å². The molecule has 0 unspecified atom stereocenters. The number of carbonyl (C=O) groups is 1. The summed E-state index contributed by atoms with van der Waals surface area (Å²) in [5.74, 6) is 1.19. The van der Waals surface area contributed by atoms with Gasteiger partial charge in [-0.05, 0) is 55.9 Å². The number of fused-ring (bicyclic) bond motifs is 1. The number of nitrogens with zero attached hydrogens (tertiary/aromatic N) is 1. The van der Waals surface area contributed by atoms with E-state index in [-0.39, 0.29) is 12.6 Å². The van der Waals surface area contributed by atoms with Gasteiger partial charge in [-0.1, -0.05) is 12.1 Å². The number of benzene rings is 2. The first kappa shape index (κ1) is 19.9. The van der Waals surface area contributed by atoms with Crippen LogP contribution >= 0.6 is 12.2 Å². The summed E-state index contributed by atoms with van der Waals surface area (Å²) in [5.41, 5.74) is 2.35. The maximum Gasteiger partial charge on any atom is 0.314 e. The minimum atomic E-state index is -0.703. The van der Waals surface area contributed by atoms with Gasteiger partial charge in [0, 0.05) is 6.07 Å². The number of H-pyrrole nitrogens is 1. The smallest absolute Gasteiger partial charge is 0.314 e. The normalized spacial score (nSPS) is 11.4. The Kier molecular flexibility index (Phi) is 5.74. The van der Waals surface area contributed by atoms with Gasteiger partial charge in [0.2, 0.25) is 0 Å². The lowest BCUT2D eigenvalue weighted by Gasteiger charge is -2.21. The number of carbonyl (C=O) groups excluding carboxylic acids is 1. The standard InChI is InChI=1S/C21H24N2O4S/c1-21(2,19(24)26-4)13-27-15-7-5-14(6-8-15)12-23-18-10-9-16(25-3)11-17(18)22-20(23)28/h5-11H,12-13H2,1-4H3,(H,22,28). The number of esters is 1. The SMILES string of the molecule is COC(=O)C(C)(C)COc1ccc(Cn2c(=S)[nH]c3cc(OC)ccc32)cc1. The number of methoxy groups -OCH3 is 2. The molecule has 1 aromatic heterocycles. The molecule has 0 fully saturated rings. The Balaban J connectivity index is 1.73. The summed E-state index contributed by atoms with van der Waals surface area (Å²) in [7, 11) is 3.02. The fourth-order valence-corrected chi connectivity index (χ4v) is 3.17. The van der Waals surface area contributed by atoms with Gasteiger partial charge < -0.3 is 23.8 Å². The van der Waals surface area contributed by atoms with Crippen molar-refractivity contribution in [1.82, 2.24) is 9.55 Å². The molecule has 148 valence electrons. The van der Waals surface area contributed by atoms with Gasteiger partial charge in [-0.25, -0.2) is 0 Å². The second-order valence-corrected chi connectivity index (χ2v) is 7.59. The van der Waals surface area contributed by atoms with Crippen molar-refractivity contribution in [3.63, 3.8) is 0 Å². The second kappa shape index (κ2) is 8.06. The molecule has 0 spiro atoms. The molecular formula is C21H24N2O4S. The van der Waals surface area contributed by atoms with E-state index >= 15 is 0 Å². The van der Waals surface area contributed by atoms with Crippen molar-refractivity contribution in [2.45, 2.75) is 20.4 Å². The molecule has 0 aliphatic rings. The maximum atomic E-state index is 11.7. The van der Waals surface area contributed by atoms with E-state index in [9.17, 15) is 4.79 Å². The average Bonchev–Trinajstić information content (AvgIpc) is 3.01. The highest BCUT2D eigenvalue weighted by molar-refractivity contribution is 7.71. The molecule has 6 nitrogen and oxygen atoms in total. The monoisotopic (exact) mass is 400 g/mol. The second-order valence-electron chi connectivity index (χ2n) is 7.21. The van der Waals surface area contributed by atoms with Crippen LogP contribution in [0.4, 0.5) is 0 Å². The molecular weight excluding hydrogens is 376 g/mol. The molecule has 0 radical (unpaired) electrons. The number of ether oxygens (including phenoxy) is 3. The number of hydrogen-bond donors (Lipinski definition) is 1. The predicted octanol–water partition coefficient (Wildman–Crippen LogP) is 4.33. The van der Waals surface area contributed by atoms with Gasteiger partial charge in [-0.3, -0.25) is 4.79 Å². The third-order valence-electron chi connectivity index (χ3n) is 4.58. The largest absolute Gasteiger partial charge is 0.497 e. The topological polar surface area (TPSA) is 65.5 Å². The van der Waals surface area contributed by atoms with Crippen molar-refractivity contribution in [3.05, 3.63) is 52.8 Å². The Bertz CT molecular complexity index is 1030. The van der Waals surface area contributed by atoms with Gasteiger partial charge in [-0.15, -0.1) is 0 Å². The lowest BCUT2D eigenvalue weighted by molar-refractivity contribution is -0.152. The van der Waals surface area contributed by atoms with Crippen molar-refractivity contribution in [3.8, 4) is 11.5 Å². The number of nitrogens with one attached hydrogen (secondary N) is 1. The molecule has 0 aliphatic heterocycles. The minimum Gasteiger partial charge on any atom is -0.497 e. The average molecular weight is 401 g/mol. The lowest BCUT2D eigenvalue weighted by atomic mass is 9.95. The molecule has 0 atom stereocenters. The minimum absolute atomic E-state index is 0.244. The van der Waals surface area contributed by atoms with Crippen LogP contribution in [-0.4, -0.2) is 36.3 Å². The molecule has 0 aliphatic carbocycles. The van der Waals surface area contributed by atoms with Crippen LogP contribution in [0.2, 0.25) is 0 Å². The van der Waals surface area contributed by atoms with E-state index in [1.54, 1.807) is 21.0 Å². The lowest BCUT2D eigenvalue weighted by Crippen LogP contribution is -2.32. The summed E-state index contributed by atoms with van der Waals surface area (Å²) in [6, 6.07) is 13.6. The van der Waals surface area contributed by atoms with E-state index in [4.69, 9.17) is 26.4 Å². The van der Waals surface area contributed by atoms with Crippen molar-refractivity contribution in [2.24, 2.45) is 5.41 Å². The fourth-order valence-electron chi connectivity index (χ4n) is 2.90. The Morgan fingerprint density at radius 2 is 1.79 bits per heavy atom. The van der Waals surface area contributed by atoms with Gasteiger partial charge in [0.15, 0.2) is 4.77 Å². The summed E-state index contributed by atoms with van der Waals surface area (Å²) < 4.78 is 18.5. The van der Waals surface area contributed by atoms with E-state index in [0.29, 0.717) is 17.1 Å². The van der Waals surface area contributed by atoms with Crippen molar-refractivity contribution < 1.29 is 19.0 Å². The molecule has 0 saturated heterocycles. The molecule has 3 aromatic rings. The predicted molar refractivity (Wildman–Crippen MR) is 111 cm³/mol. The zero-order valence-corrected chi connectivity index (χ0v) is 17.3. The van der Waals surface area contributed by atoms with E-state index < -0.39 is 5.41 Å². The summed E-state index contributed by atoms with van der Waals surface area (Å²) >= 11 is 5.47. The molecule has 0 bridgehead atoms. The highest BCUT2D eigenvalue weighted by atomic mass is 32.1. The first-order chi connectivity index (χ1) is 13.3. The molecule has 1 N–H and O–H groups in total. The van der Waals surface area contributed by atoms with Crippen molar-refractivity contribution >= 4 is 29.2 Å². The molecule has 0 saturated carbocycles. The molecule has 2 aromatic carbocycles. The van der Waals surface area contributed by atoms with Gasteiger partial charge in [0.1, 0.15) is 18.1 Å². The van der Waals surface area contributed by atoms with Gasteiger partial charge in [-0.2, -0.15) is 0 Å². The van der Waals surface area contributed by atoms with Crippen LogP contribution in [0.3, 0.4) is 0 Å². The zero-order valence-electron chi connectivity index (χ0n) is 16.4. The van der Waals surface area contributed by atoms with Crippen LogP contribution in [0.1, 0.15) is 19.4 Å². The third-order valence-corrected chi connectivity index (χ3v) is 4.91. The molecule has 3 rings (SSSR count). The quantitative estimate of drug-likeness (QED) is 0.472. The van der Waals surface area contributed by atoms with E-state index in [1.165, 1.54) is 7.11 Å². The molecule has 1 heterocycles. The maximum absolute atomic E-state index is 11.7. The Labute approximate surface area is 169 Å². The highest BCUT2D eigenvalue weighted by Crippen LogP contribution is 2.23.